The molecular weight excluding hydrogens is 270 g/mol. The molecule has 1 N–H and O–H groups in total. The number of nitrogens with one attached hydrogen (secondary N) is 1. The highest BCUT2D eigenvalue weighted by molar-refractivity contribution is 8.00. The molecule has 20 heavy (non-hydrogen) atoms. The fourth-order valence-corrected chi connectivity index (χ4v) is 3.30. The lowest BCUT2D eigenvalue weighted by molar-refractivity contribution is -0.120. The van der Waals surface area contributed by atoms with Gasteiger partial charge in [0.2, 0.25) is 5.91 Å². The van der Waals surface area contributed by atoms with Crippen LogP contribution in [0.5, 0.6) is 0 Å². The standard InChI is InChI=1S/C16H23NO2S/c1-11-6-7-15(12(2)9-11)20-13(3)16(18)17-10-14-5-4-8-19-14/h6-7,9,13-14H,4-5,8,10H2,1-3H3,(H,17,18)/t13-,14-/m1/s1. The van der Waals surface area contributed by atoms with Crippen molar-refractivity contribution in [1.82, 2.24) is 5.32 Å². The smallest absolute Gasteiger partial charge is 0.233 e. The maximum Gasteiger partial charge on any atom is 0.233 e. The van der Waals surface area contributed by atoms with E-state index < -0.39 is 0 Å². The molecule has 0 saturated carbocycles. The number of hydrogen-bond donors (Lipinski definition) is 1. The molecule has 0 unspecified atom stereocenters. The van der Waals surface area contributed by atoms with E-state index in [0.717, 1.165) is 19.4 Å². The fraction of sp³-hybridized carbons (Fsp3) is 0.562. The van der Waals surface area contributed by atoms with Crippen LogP contribution in [0, 0.1) is 13.8 Å². The Morgan fingerprint density at radius 3 is 2.95 bits per heavy atom. The van der Waals surface area contributed by atoms with E-state index >= 15 is 0 Å². The van der Waals surface area contributed by atoms with Crippen molar-refractivity contribution in [2.45, 2.75) is 49.9 Å². The van der Waals surface area contributed by atoms with Gasteiger partial charge in [0, 0.05) is 18.0 Å². The lowest BCUT2D eigenvalue weighted by Gasteiger charge is -2.15. The Balaban J connectivity index is 1.83. The summed E-state index contributed by atoms with van der Waals surface area (Å²) in [4.78, 5) is 13.3. The summed E-state index contributed by atoms with van der Waals surface area (Å²) in [6.07, 6.45) is 2.36. The number of carbonyl (C=O) groups is 1. The molecule has 1 amide bonds. The zero-order valence-corrected chi connectivity index (χ0v) is 13.3. The van der Waals surface area contributed by atoms with E-state index in [1.807, 2.05) is 6.92 Å². The summed E-state index contributed by atoms with van der Waals surface area (Å²) >= 11 is 1.62. The molecule has 0 spiro atoms. The molecule has 1 saturated heterocycles. The molecule has 1 aromatic carbocycles. The molecule has 2 atom stereocenters. The Bertz CT molecular complexity index is 470. The maximum absolute atomic E-state index is 12.1. The Hall–Kier alpha value is -1.00. The SMILES string of the molecule is Cc1ccc(S[C@H](C)C(=O)NC[C@H]2CCCO2)c(C)c1. The summed E-state index contributed by atoms with van der Waals surface area (Å²) in [5.74, 6) is 0.0884. The number of carbonyl (C=O) groups excluding carboxylic acids is 1. The number of hydrogen-bond acceptors (Lipinski definition) is 3. The number of ether oxygens (including phenoxy) is 1. The highest BCUT2D eigenvalue weighted by atomic mass is 32.2. The molecule has 0 aromatic heterocycles. The van der Waals surface area contributed by atoms with Crippen LogP contribution in [0.3, 0.4) is 0 Å². The Morgan fingerprint density at radius 2 is 2.30 bits per heavy atom. The molecule has 1 heterocycles. The van der Waals surface area contributed by atoms with E-state index in [4.69, 9.17) is 4.74 Å². The molecule has 110 valence electrons. The monoisotopic (exact) mass is 293 g/mol. The van der Waals surface area contributed by atoms with E-state index in [1.165, 1.54) is 16.0 Å². The number of thioether (sulfide) groups is 1. The first-order valence-electron chi connectivity index (χ1n) is 7.19. The molecule has 0 aliphatic carbocycles. The molecule has 3 nitrogen and oxygen atoms in total. The Kier molecular flexibility index (Phi) is 5.49. The van der Waals surface area contributed by atoms with Crippen molar-refractivity contribution in [3.63, 3.8) is 0 Å². The fourth-order valence-electron chi connectivity index (χ4n) is 2.34. The minimum absolute atomic E-state index is 0.0854. The van der Waals surface area contributed by atoms with Crippen LogP contribution < -0.4 is 5.32 Å². The van der Waals surface area contributed by atoms with Gasteiger partial charge in [0.05, 0.1) is 11.4 Å². The molecule has 1 aliphatic rings. The summed E-state index contributed by atoms with van der Waals surface area (Å²) < 4.78 is 5.51. The first kappa shape index (κ1) is 15.4. The van der Waals surface area contributed by atoms with Crippen molar-refractivity contribution >= 4 is 17.7 Å². The highest BCUT2D eigenvalue weighted by Crippen LogP contribution is 2.27. The van der Waals surface area contributed by atoms with Gasteiger partial charge in [-0.25, -0.2) is 0 Å². The maximum atomic E-state index is 12.1. The van der Waals surface area contributed by atoms with Gasteiger partial charge in [-0.3, -0.25) is 4.79 Å². The molecule has 0 bridgehead atoms. The zero-order valence-electron chi connectivity index (χ0n) is 12.4. The predicted octanol–water partition coefficient (Wildman–Crippen LogP) is 3.08. The summed E-state index contributed by atoms with van der Waals surface area (Å²) in [5.41, 5.74) is 2.48. The van der Waals surface area contributed by atoms with Gasteiger partial charge in [0.1, 0.15) is 0 Å². The van der Waals surface area contributed by atoms with E-state index in [2.05, 4.69) is 37.4 Å². The third kappa shape index (κ3) is 4.25. The number of amides is 1. The minimum Gasteiger partial charge on any atom is -0.376 e. The van der Waals surface area contributed by atoms with Crippen molar-refractivity contribution in [2.75, 3.05) is 13.2 Å². The molecule has 4 heteroatoms. The second-order valence-electron chi connectivity index (χ2n) is 5.41. The molecular formula is C16H23NO2S. The number of rotatable bonds is 5. The number of aryl methyl sites for hydroxylation is 2. The normalized spacial score (nSPS) is 19.9. The van der Waals surface area contributed by atoms with Crippen LogP contribution in [0.15, 0.2) is 23.1 Å². The second-order valence-corrected chi connectivity index (χ2v) is 6.79. The van der Waals surface area contributed by atoms with Gasteiger partial charge in [0.25, 0.3) is 0 Å². The lowest BCUT2D eigenvalue weighted by Crippen LogP contribution is -2.36. The van der Waals surface area contributed by atoms with Crippen LogP contribution in [0.1, 0.15) is 30.9 Å². The molecule has 1 aliphatic heterocycles. The van der Waals surface area contributed by atoms with Crippen LogP contribution in [-0.2, 0) is 9.53 Å². The first-order valence-corrected chi connectivity index (χ1v) is 8.07. The molecule has 1 fully saturated rings. The van der Waals surface area contributed by atoms with E-state index in [9.17, 15) is 4.79 Å². The van der Waals surface area contributed by atoms with Gasteiger partial charge >= 0.3 is 0 Å². The van der Waals surface area contributed by atoms with Crippen molar-refractivity contribution < 1.29 is 9.53 Å². The molecule has 1 aromatic rings. The summed E-state index contributed by atoms with van der Waals surface area (Å²) in [5, 5.41) is 2.91. The number of benzene rings is 1. The van der Waals surface area contributed by atoms with E-state index in [-0.39, 0.29) is 17.3 Å². The summed E-state index contributed by atoms with van der Waals surface area (Å²) in [6.45, 7) is 7.59. The summed E-state index contributed by atoms with van der Waals surface area (Å²) in [7, 11) is 0. The first-order chi connectivity index (χ1) is 9.56. The van der Waals surface area contributed by atoms with Gasteiger partial charge in [-0.2, -0.15) is 0 Å². The third-order valence-corrected chi connectivity index (χ3v) is 4.81. The third-order valence-electron chi connectivity index (χ3n) is 3.53. The topological polar surface area (TPSA) is 38.3 Å². The molecule has 2 rings (SSSR count). The van der Waals surface area contributed by atoms with Crippen molar-refractivity contribution in [3.8, 4) is 0 Å². The predicted molar refractivity (Wildman–Crippen MR) is 83.2 cm³/mol. The Morgan fingerprint density at radius 1 is 1.50 bits per heavy atom. The van der Waals surface area contributed by atoms with Crippen molar-refractivity contribution in [3.05, 3.63) is 29.3 Å². The van der Waals surface area contributed by atoms with E-state index in [1.54, 1.807) is 11.8 Å². The van der Waals surface area contributed by atoms with Crippen LogP contribution in [0.4, 0.5) is 0 Å². The van der Waals surface area contributed by atoms with Crippen molar-refractivity contribution in [1.29, 1.82) is 0 Å². The quantitative estimate of drug-likeness (QED) is 0.848. The Labute approximate surface area is 125 Å². The van der Waals surface area contributed by atoms with Crippen LogP contribution in [-0.4, -0.2) is 30.4 Å². The lowest BCUT2D eigenvalue weighted by atomic mass is 10.2. The highest BCUT2D eigenvalue weighted by Gasteiger charge is 2.19. The van der Waals surface area contributed by atoms with Gasteiger partial charge < -0.3 is 10.1 Å². The average Bonchev–Trinajstić information content (AvgIpc) is 2.92. The zero-order chi connectivity index (χ0) is 14.5. The van der Waals surface area contributed by atoms with Gasteiger partial charge in [0.15, 0.2) is 0 Å². The van der Waals surface area contributed by atoms with Crippen LogP contribution in [0.25, 0.3) is 0 Å². The minimum atomic E-state index is -0.0854. The van der Waals surface area contributed by atoms with Crippen molar-refractivity contribution in [2.24, 2.45) is 0 Å². The van der Waals surface area contributed by atoms with Crippen LogP contribution >= 0.6 is 11.8 Å². The second kappa shape index (κ2) is 7.14. The van der Waals surface area contributed by atoms with Crippen LogP contribution in [0.2, 0.25) is 0 Å². The summed E-state index contributed by atoms with van der Waals surface area (Å²) in [6, 6.07) is 6.34. The van der Waals surface area contributed by atoms with Gasteiger partial charge in [-0.15, -0.1) is 11.8 Å². The average molecular weight is 293 g/mol. The molecule has 0 radical (unpaired) electrons. The van der Waals surface area contributed by atoms with Gasteiger partial charge in [-0.05, 0) is 45.2 Å². The largest absolute Gasteiger partial charge is 0.376 e. The van der Waals surface area contributed by atoms with E-state index in [0.29, 0.717) is 6.54 Å². The van der Waals surface area contributed by atoms with Gasteiger partial charge in [-0.1, -0.05) is 17.7 Å².